The predicted molar refractivity (Wildman–Crippen MR) is 95.8 cm³/mol. The number of ketones is 1. The van der Waals surface area contributed by atoms with Crippen LogP contribution in [-0.2, 0) is 47.1 Å². The normalized spacial score (nSPS) is 8.65. The monoisotopic (exact) mass is 470 g/mol. The van der Waals surface area contributed by atoms with Crippen molar-refractivity contribution in [3.63, 3.8) is 0 Å². The Morgan fingerprint density at radius 2 is 1.35 bits per heavy atom. The van der Waals surface area contributed by atoms with Crippen LogP contribution < -0.4 is 0 Å². The van der Waals surface area contributed by atoms with Crippen LogP contribution in [0.2, 0.25) is 0 Å². The van der Waals surface area contributed by atoms with Crippen molar-refractivity contribution in [1.29, 1.82) is 0 Å². The standard InChI is InChI=1S/C10H10O.C6H15O3P.2CO.Ru/c1-9(11)7-8-10-5-3-2-4-6-10;1-4-7-10(8-5-2)9-6-3;2*1-2;/h2-8H,1H3;4-6H2,1-3H3;;;/b8-7+;;;;. The average molecular weight is 469 g/mol. The summed E-state index contributed by atoms with van der Waals surface area (Å²) < 4.78 is 30.4. The Bertz CT molecular complexity index is 456. The summed E-state index contributed by atoms with van der Waals surface area (Å²) in [5.41, 5.74) is 1.06. The number of hydrogen-bond donors (Lipinski definition) is 0. The Morgan fingerprint density at radius 1 is 0.962 bits per heavy atom. The van der Waals surface area contributed by atoms with E-state index >= 15 is 0 Å². The molecule has 0 heterocycles. The van der Waals surface area contributed by atoms with Crippen molar-refractivity contribution in [2.24, 2.45) is 0 Å². The number of carbonyl (C=O) groups excluding carboxylic acids is 1. The van der Waals surface area contributed by atoms with E-state index < -0.39 is 8.60 Å². The number of hydrogen-bond acceptors (Lipinski definition) is 4. The third-order valence-electron chi connectivity index (χ3n) is 2.01. The molecule has 0 radical (unpaired) electrons. The van der Waals surface area contributed by atoms with Gasteiger partial charge in [0.1, 0.15) is 0 Å². The van der Waals surface area contributed by atoms with E-state index in [2.05, 4.69) is 13.3 Å². The van der Waals surface area contributed by atoms with Crippen molar-refractivity contribution in [2.45, 2.75) is 27.7 Å². The summed E-state index contributed by atoms with van der Waals surface area (Å²) in [5, 5.41) is 0. The summed E-state index contributed by atoms with van der Waals surface area (Å²) in [5.74, 6) is 0.0776. The minimum atomic E-state index is -1.06. The van der Waals surface area contributed by atoms with Crippen molar-refractivity contribution in [3.05, 3.63) is 55.3 Å². The maximum Gasteiger partial charge on any atom is 0 e. The van der Waals surface area contributed by atoms with Gasteiger partial charge in [-0.15, -0.1) is 0 Å². The topological polar surface area (TPSA) is 84.6 Å². The molecule has 0 spiro atoms. The fourth-order valence-corrected chi connectivity index (χ4v) is 2.06. The van der Waals surface area contributed by atoms with E-state index in [1.165, 1.54) is 0 Å². The van der Waals surface area contributed by atoms with E-state index in [-0.39, 0.29) is 25.3 Å². The number of carbonyl (C=O) groups is 1. The van der Waals surface area contributed by atoms with Crippen molar-refractivity contribution in [2.75, 3.05) is 19.8 Å². The van der Waals surface area contributed by atoms with Gasteiger partial charge in [0.2, 0.25) is 0 Å². The molecule has 0 aliphatic heterocycles. The van der Waals surface area contributed by atoms with Gasteiger partial charge in [0, 0.05) is 19.5 Å². The molecule has 0 aliphatic carbocycles. The maximum absolute atomic E-state index is 10.5. The van der Waals surface area contributed by atoms with Crippen LogP contribution >= 0.6 is 8.60 Å². The summed E-state index contributed by atoms with van der Waals surface area (Å²) in [4.78, 5) is 10.5. The van der Waals surface area contributed by atoms with Crippen molar-refractivity contribution < 1.29 is 47.1 Å². The van der Waals surface area contributed by atoms with Crippen LogP contribution in [-0.4, -0.2) is 25.6 Å². The Balaban J connectivity index is -0.000000152. The zero-order valence-electron chi connectivity index (χ0n) is 15.4. The van der Waals surface area contributed by atoms with E-state index in [0.717, 1.165) is 5.56 Å². The molecule has 0 unspecified atom stereocenters. The molecule has 0 saturated heterocycles. The van der Waals surface area contributed by atoms with Crippen molar-refractivity contribution in [1.82, 2.24) is 0 Å². The molecule has 8 heteroatoms. The van der Waals surface area contributed by atoms with Gasteiger partial charge < -0.3 is 13.6 Å². The largest absolute Gasteiger partial charge is 0 e. The van der Waals surface area contributed by atoms with Crippen LogP contribution in [0.4, 0.5) is 0 Å². The molecule has 1 aromatic carbocycles. The van der Waals surface area contributed by atoms with Crippen molar-refractivity contribution in [3.8, 4) is 0 Å². The first kappa shape index (κ1) is 32.7. The number of rotatable bonds is 8. The van der Waals surface area contributed by atoms with Gasteiger partial charge in [-0.2, -0.15) is 0 Å². The molecule has 1 aromatic rings. The SMILES string of the molecule is CC(=O)/C=C/c1ccccc1.CCOP(OCC)OCC.[C-]#[O+].[C-]#[O+].[Ru]. The molecular formula is C18H25O6PRu. The molecular weight excluding hydrogens is 444 g/mol. The number of allylic oxidation sites excluding steroid dienone is 1. The van der Waals surface area contributed by atoms with Gasteiger partial charge in [-0.25, -0.2) is 0 Å². The molecule has 0 aliphatic rings. The van der Waals surface area contributed by atoms with Gasteiger partial charge in [-0.1, -0.05) is 36.4 Å². The predicted octanol–water partition coefficient (Wildman–Crippen LogP) is 4.53. The Morgan fingerprint density at radius 3 is 1.65 bits per heavy atom. The first-order chi connectivity index (χ1) is 12.1. The molecule has 6 nitrogen and oxygen atoms in total. The molecule has 1 rings (SSSR count). The first-order valence-electron chi connectivity index (χ1n) is 7.47. The Hall–Kier alpha value is -0.957. The van der Waals surface area contributed by atoms with Crippen LogP contribution in [0.15, 0.2) is 36.4 Å². The van der Waals surface area contributed by atoms with Crippen LogP contribution in [0.25, 0.3) is 6.08 Å². The summed E-state index contributed by atoms with van der Waals surface area (Å²) in [6.07, 6.45) is 3.37. The van der Waals surface area contributed by atoms with Crippen LogP contribution in [0.1, 0.15) is 33.3 Å². The maximum atomic E-state index is 10.5. The molecule has 0 bridgehead atoms. The zero-order valence-corrected chi connectivity index (χ0v) is 18.0. The van der Waals surface area contributed by atoms with Gasteiger partial charge in [0.05, 0.1) is 19.8 Å². The Labute approximate surface area is 170 Å². The quantitative estimate of drug-likeness (QED) is 0.184. The fourth-order valence-electron chi connectivity index (χ4n) is 1.21. The van der Waals surface area contributed by atoms with Crippen LogP contribution in [0.3, 0.4) is 0 Å². The minimum Gasteiger partial charge on any atom is 0 e. The molecule has 0 amide bonds. The molecule has 0 N–H and O–H groups in total. The van der Waals surface area contributed by atoms with Gasteiger partial charge >= 0.3 is 31.2 Å². The molecule has 26 heavy (non-hydrogen) atoms. The summed E-state index contributed by atoms with van der Waals surface area (Å²) in [7, 11) is -1.06. The van der Waals surface area contributed by atoms with Gasteiger partial charge in [-0.3, -0.25) is 4.79 Å². The van der Waals surface area contributed by atoms with Crippen LogP contribution in [0.5, 0.6) is 0 Å². The molecule has 146 valence electrons. The fraction of sp³-hybridized carbons (Fsp3) is 0.389. The third kappa shape index (κ3) is 25.3. The van der Waals surface area contributed by atoms with E-state index in [1.54, 1.807) is 13.0 Å². The second kappa shape index (κ2) is 28.8. The first-order valence-corrected chi connectivity index (χ1v) is 8.56. The second-order valence-corrected chi connectivity index (χ2v) is 5.05. The van der Waals surface area contributed by atoms with E-state index in [9.17, 15) is 4.79 Å². The van der Waals surface area contributed by atoms with Gasteiger partial charge in [0.25, 0.3) is 0 Å². The molecule has 0 saturated carbocycles. The van der Waals surface area contributed by atoms with Crippen LogP contribution in [0, 0.1) is 13.3 Å². The Kier molecular flexibility index (Phi) is 36.3. The summed E-state index contributed by atoms with van der Waals surface area (Å²) >= 11 is 0. The molecule has 0 fully saturated rings. The van der Waals surface area contributed by atoms with Gasteiger partial charge in [0.15, 0.2) is 5.78 Å². The number of benzene rings is 1. The molecule has 0 atom stereocenters. The van der Waals surface area contributed by atoms with Gasteiger partial charge in [-0.05, 0) is 39.3 Å². The average Bonchev–Trinajstić information content (AvgIpc) is 2.65. The third-order valence-corrected chi connectivity index (χ3v) is 3.42. The summed E-state index contributed by atoms with van der Waals surface area (Å²) in [6, 6.07) is 9.75. The zero-order chi connectivity index (χ0) is 19.9. The van der Waals surface area contributed by atoms with Crippen molar-refractivity contribution >= 4 is 20.5 Å². The van der Waals surface area contributed by atoms with E-state index in [1.807, 2.05) is 57.2 Å². The smallest absolute Gasteiger partial charge is 0 e. The second-order valence-electron chi connectivity index (χ2n) is 3.83. The molecule has 0 aromatic heterocycles. The van der Waals surface area contributed by atoms with E-state index in [4.69, 9.17) is 22.9 Å². The van der Waals surface area contributed by atoms with E-state index in [0.29, 0.717) is 19.8 Å². The minimum absolute atomic E-state index is 0. The summed E-state index contributed by atoms with van der Waals surface area (Å²) in [6.45, 7) is 18.2.